The molecule has 0 N–H and O–H groups in total. The lowest BCUT2D eigenvalue weighted by Gasteiger charge is -2.02. The van der Waals surface area contributed by atoms with E-state index in [1.54, 1.807) is 0 Å². The first kappa shape index (κ1) is 10.3. The van der Waals surface area contributed by atoms with E-state index in [0.717, 1.165) is 41.0 Å². The summed E-state index contributed by atoms with van der Waals surface area (Å²) < 4.78 is 0. The Balaban J connectivity index is 1.99. The molecule has 0 atom stereocenters. The molecule has 0 saturated heterocycles. The van der Waals surface area contributed by atoms with Gasteiger partial charge in [-0.2, -0.15) is 0 Å². The standard InChI is InChI=1S/C14H14N3/c1-2-3-8-13-16-12-9-15-11-7-5-4-6-10(11)14(12)17-13/h4-7,9H,2-3,8H2,1H3. The molecule has 17 heavy (non-hydrogen) atoms. The van der Waals surface area contributed by atoms with Crippen LogP contribution in [0.5, 0.6) is 0 Å². The molecule has 85 valence electrons. The second kappa shape index (κ2) is 4.17. The number of aromatic nitrogens is 1. The summed E-state index contributed by atoms with van der Waals surface area (Å²) >= 11 is 0. The highest BCUT2D eigenvalue weighted by molar-refractivity contribution is 6.05. The van der Waals surface area contributed by atoms with Crippen molar-refractivity contribution in [2.75, 3.05) is 0 Å². The first-order valence-corrected chi connectivity index (χ1v) is 6.05. The Bertz CT molecular complexity index is 587. The van der Waals surface area contributed by atoms with Crippen LogP contribution in [0.15, 0.2) is 35.5 Å². The zero-order valence-electron chi connectivity index (χ0n) is 9.85. The Hall–Kier alpha value is -1.90. The van der Waals surface area contributed by atoms with E-state index in [1.807, 2.05) is 24.4 Å². The molecule has 2 heterocycles. The zero-order valence-corrected chi connectivity index (χ0v) is 9.85. The van der Waals surface area contributed by atoms with Gasteiger partial charge in [-0.15, -0.1) is 0 Å². The van der Waals surface area contributed by atoms with Gasteiger partial charge >= 0.3 is 0 Å². The van der Waals surface area contributed by atoms with Gasteiger partial charge in [0.2, 0.25) is 0 Å². The minimum Gasteiger partial charge on any atom is -0.254 e. The monoisotopic (exact) mass is 224 g/mol. The summed E-state index contributed by atoms with van der Waals surface area (Å²) in [5.41, 5.74) is 2.89. The second-order valence-electron chi connectivity index (χ2n) is 4.25. The number of fused-ring (bicyclic) bond motifs is 3. The minimum atomic E-state index is 0.912. The third-order valence-corrected chi connectivity index (χ3v) is 2.97. The predicted molar refractivity (Wildman–Crippen MR) is 70.2 cm³/mol. The van der Waals surface area contributed by atoms with Crippen LogP contribution in [-0.4, -0.2) is 10.8 Å². The van der Waals surface area contributed by atoms with Crippen molar-refractivity contribution < 1.29 is 0 Å². The molecule has 0 bridgehead atoms. The van der Waals surface area contributed by atoms with Crippen LogP contribution in [0.2, 0.25) is 0 Å². The summed E-state index contributed by atoms with van der Waals surface area (Å²) in [6.07, 6.45) is 5.09. The van der Waals surface area contributed by atoms with Crippen LogP contribution >= 0.6 is 0 Å². The quantitative estimate of drug-likeness (QED) is 0.783. The number of hydrogen-bond acceptors (Lipinski definition) is 2. The Morgan fingerprint density at radius 1 is 1.18 bits per heavy atom. The topological polar surface area (TPSA) is 39.4 Å². The maximum absolute atomic E-state index is 4.63. The van der Waals surface area contributed by atoms with Gasteiger partial charge < -0.3 is 0 Å². The van der Waals surface area contributed by atoms with Crippen molar-refractivity contribution in [1.82, 2.24) is 10.3 Å². The molecular weight excluding hydrogens is 210 g/mol. The molecular formula is C14H14N3. The molecule has 1 aliphatic heterocycles. The van der Waals surface area contributed by atoms with Crippen LogP contribution in [0.25, 0.3) is 10.9 Å². The Morgan fingerprint density at radius 2 is 2.06 bits per heavy atom. The lowest BCUT2D eigenvalue weighted by molar-refractivity contribution is 0.825. The van der Waals surface area contributed by atoms with E-state index < -0.39 is 0 Å². The van der Waals surface area contributed by atoms with Crippen LogP contribution in [-0.2, 0) is 0 Å². The van der Waals surface area contributed by atoms with Crippen LogP contribution in [0.3, 0.4) is 0 Å². The number of pyridine rings is 1. The van der Waals surface area contributed by atoms with E-state index in [4.69, 9.17) is 0 Å². The normalized spacial score (nSPS) is 13.4. The molecule has 0 saturated carbocycles. The molecule has 1 aromatic carbocycles. The Kier molecular flexibility index (Phi) is 2.52. The van der Waals surface area contributed by atoms with Crippen LogP contribution in [0.1, 0.15) is 26.2 Å². The molecule has 3 nitrogen and oxygen atoms in total. The maximum atomic E-state index is 4.63. The summed E-state index contributed by atoms with van der Waals surface area (Å²) in [7, 11) is 0. The van der Waals surface area contributed by atoms with Crippen molar-refractivity contribution in [3.8, 4) is 0 Å². The second-order valence-corrected chi connectivity index (χ2v) is 4.25. The van der Waals surface area contributed by atoms with Crippen molar-refractivity contribution in [2.45, 2.75) is 26.2 Å². The van der Waals surface area contributed by atoms with E-state index in [-0.39, 0.29) is 0 Å². The highest BCUT2D eigenvalue weighted by atomic mass is 15.1. The van der Waals surface area contributed by atoms with Gasteiger partial charge in [-0.3, -0.25) is 4.98 Å². The maximum Gasteiger partial charge on any atom is 0.129 e. The van der Waals surface area contributed by atoms with Gasteiger partial charge in [-0.1, -0.05) is 31.5 Å². The number of rotatable bonds is 3. The van der Waals surface area contributed by atoms with E-state index in [9.17, 15) is 0 Å². The molecule has 3 rings (SSSR count). The lowest BCUT2D eigenvalue weighted by Crippen LogP contribution is -2.05. The molecule has 0 amide bonds. The van der Waals surface area contributed by atoms with Crippen molar-refractivity contribution in [3.05, 3.63) is 30.5 Å². The highest BCUT2D eigenvalue weighted by Gasteiger charge is 2.18. The van der Waals surface area contributed by atoms with Crippen molar-refractivity contribution >= 4 is 28.1 Å². The molecule has 1 aromatic heterocycles. The number of benzene rings is 1. The van der Waals surface area contributed by atoms with E-state index in [2.05, 4.69) is 28.3 Å². The van der Waals surface area contributed by atoms with Crippen molar-refractivity contribution in [3.63, 3.8) is 0 Å². The number of amidine groups is 1. The summed E-state index contributed by atoms with van der Waals surface area (Å²) in [6, 6.07) is 8.08. The summed E-state index contributed by atoms with van der Waals surface area (Å²) in [4.78, 5) is 8.93. The zero-order chi connectivity index (χ0) is 11.7. The highest BCUT2D eigenvalue weighted by Crippen LogP contribution is 2.36. The number of nitrogens with zero attached hydrogens (tertiary/aromatic N) is 3. The van der Waals surface area contributed by atoms with Gasteiger partial charge in [-0.05, 0) is 12.5 Å². The molecule has 0 spiro atoms. The average molecular weight is 224 g/mol. The van der Waals surface area contributed by atoms with Gasteiger partial charge in [0.25, 0.3) is 0 Å². The van der Waals surface area contributed by atoms with Gasteiger partial charge in [-0.25, -0.2) is 10.3 Å². The van der Waals surface area contributed by atoms with Crippen molar-refractivity contribution in [1.29, 1.82) is 0 Å². The smallest absolute Gasteiger partial charge is 0.129 e. The van der Waals surface area contributed by atoms with Gasteiger partial charge in [0.05, 0.1) is 11.7 Å². The number of para-hydroxylation sites is 1. The fourth-order valence-electron chi connectivity index (χ4n) is 2.06. The molecule has 3 heteroatoms. The first-order chi connectivity index (χ1) is 8.38. The van der Waals surface area contributed by atoms with Crippen LogP contribution in [0.4, 0.5) is 11.4 Å². The fraction of sp³-hybridized carbons (Fsp3) is 0.286. The Labute approximate surface area is 101 Å². The largest absolute Gasteiger partial charge is 0.254 e. The summed E-state index contributed by atoms with van der Waals surface area (Å²) in [5.74, 6) is 0.944. The molecule has 2 aromatic rings. The van der Waals surface area contributed by atoms with Crippen molar-refractivity contribution in [2.24, 2.45) is 4.99 Å². The Morgan fingerprint density at radius 3 is 2.94 bits per heavy atom. The SMILES string of the molecule is CCCCC1=Nc2cnc3ccccc3c2[N]1. The molecule has 0 unspecified atom stereocenters. The average Bonchev–Trinajstić information content (AvgIpc) is 2.79. The van der Waals surface area contributed by atoms with E-state index in [1.165, 1.54) is 6.42 Å². The first-order valence-electron chi connectivity index (χ1n) is 6.05. The van der Waals surface area contributed by atoms with E-state index >= 15 is 0 Å². The van der Waals surface area contributed by atoms with Gasteiger partial charge in [0.1, 0.15) is 17.2 Å². The molecule has 0 fully saturated rings. The number of unbranched alkanes of at least 4 members (excludes halogenated alkanes) is 1. The third kappa shape index (κ3) is 1.78. The predicted octanol–water partition coefficient (Wildman–Crippen LogP) is 3.70. The number of hydrogen-bond donors (Lipinski definition) is 0. The van der Waals surface area contributed by atoms with Crippen LogP contribution < -0.4 is 5.32 Å². The van der Waals surface area contributed by atoms with Gasteiger partial charge in [0, 0.05) is 11.8 Å². The van der Waals surface area contributed by atoms with Crippen LogP contribution in [0, 0.1) is 0 Å². The molecule has 1 radical (unpaired) electrons. The lowest BCUT2D eigenvalue weighted by atomic mass is 10.1. The van der Waals surface area contributed by atoms with Gasteiger partial charge in [0.15, 0.2) is 0 Å². The summed E-state index contributed by atoms with van der Waals surface area (Å²) in [6.45, 7) is 2.18. The third-order valence-electron chi connectivity index (χ3n) is 2.97. The van der Waals surface area contributed by atoms with E-state index in [0.29, 0.717) is 0 Å². The fourth-order valence-corrected chi connectivity index (χ4v) is 2.06. The molecule has 1 aliphatic rings. The summed E-state index contributed by atoms with van der Waals surface area (Å²) in [5, 5.41) is 5.72. The minimum absolute atomic E-state index is 0.912. The number of aliphatic imine (C=N–C) groups is 1. The molecule has 0 aliphatic carbocycles.